The zero-order valence-corrected chi connectivity index (χ0v) is 11.3. The fourth-order valence-corrected chi connectivity index (χ4v) is 2.96. The van der Waals surface area contributed by atoms with Crippen molar-refractivity contribution in [2.75, 3.05) is 0 Å². The molecule has 0 heterocycles. The topological polar surface area (TPSA) is 20.2 Å². The van der Waals surface area contributed by atoms with Gasteiger partial charge >= 0.3 is 0 Å². The summed E-state index contributed by atoms with van der Waals surface area (Å²) in [5.74, 6) is -0.335. The van der Waals surface area contributed by atoms with E-state index in [0.717, 1.165) is 4.90 Å². The fourth-order valence-electron chi connectivity index (χ4n) is 1.61. The van der Waals surface area contributed by atoms with Gasteiger partial charge in [-0.2, -0.15) is 0 Å². The summed E-state index contributed by atoms with van der Waals surface area (Å²) in [4.78, 5) is 1.28. The third-order valence-corrected chi connectivity index (χ3v) is 3.82. The molecule has 0 saturated carbocycles. The second-order valence-corrected chi connectivity index (χ2v) is 5.41. The van der Waals surface area contributed by atoms with Crippen molar-refractivity contribution in [2.45, 2.75) is 22.8 Å². The highest BCUT2D eigenvalue weighted by Crippen LogP contribution is 2.36. The van der Waals surface area contributed by atoms with Gasteiger partial charge in [-0.1, -0.05) is 41.6 Å². The summed E-state index contributed by atoms with van der Waals surface area (Å²) in [7, 11) is 0. The first kappa shape index (κ1) is 13.4. The maximum Gasteiger partial charge on any atom is 0.137 e. The maximum absolute atomic E-state index is 13.8. The van der Waals surface area contributed by atoms with Gasteiger partial charge in [0.25, 0.3) is 0 Å². The van der Waals surface area contributed by atoms with Gasteiger partial charge in [-0.3, -0.25) is 0 Å². The molecule has 0 amide bonds. The number of halogens is 2. The van der Waals surface area contributed by atoms with Crippen LogP contribution >= 0.6 is 23.4 Å². The fraction of sp³-hybridized carbons (Fsp3) is 0.143. The zero-order chi connectivity index (χ0) is 13.1. The molecule has 0 spiro atoms. The number of hydrogen-bond donors (Lipinski definition) is 1. The monoisotopic (exact) mass is 282 g/mol. The van der Waals surface area contributed by atoms with Crippen LogP contribution in [0, 0.1) is 5.82 Å². The number of aliphatic hydroxyl groups is 1. The molecule has 1 atom stereocenters. The molecule has 0 bridgehead atoms. The SMILES string of the molecule is C[C@H](O)c1cccc(F)c1Sc1cccc(Cl)c1. The number of aliphatic hydroxyl groups excluding tert-OH is 1. The lowest BCUT2D eigenvalue weighted by Gasteiger charge is -2.12. The average molecular weight is 283 g/mol. The molecular weight excluding hydrogens is 271 g/mol. The molecule has 0 unspecified atom stereocenters. The summed E-state index contributed by atoms with van der Waals surface area (Å²) >= 11 is 7.16. The Bertz CT molecular complexity index is 557. The van der Waals surface area contributed by atoms with Crippen LogP contribution in [0.5, 0.6) is 0 Å². The predicted octanol–water partition coefficient (Wildman–Crippen LogP) is 4.68. The molecule has 0 radical (unpaired) electrons. The van der Waals surface area contributed by atoms with Crippen molar-refractivity contribution in [3.63, 3.8) is 0 Å². The smallest absolute Gasteiger partial charge is 0.137 e. The van der Waals surface area contributed by atoms with Gasteiger partial charge in [0.05, 0.1) is 11.0 Å². The van der Waals surface area contributed by atoms with Gasteiger partial charge in [-0.25, -0.2) is 4.39 Å². The quantitative estimate of drug-likeness (QED) is 0.882. The van der Waals surface area contributed by atoms with Crippen molar-refractivity contribution in [2.24, 2.45) is 0 Å². The number of benzene rings is 2. The van der Waals surface area contributed by atoms with Crippen LogP contribution in [-0.2, 0) is 0 Å². The summed E-state index contributed by atoms with van der Waals surface area (Å²) in [6, 6.07) is 11.9. The van der Waals surface area contributed by atoms with Crippen LogP contribution in [0.1, 0.15) is 18.6 Å². The lowest BCUT2D eigenvalue weighted by molar-refractivity contribution is 0.195. The molecule has 0 aliphatic carbocycles. The van der Waals surface area contributed by atoms with Crippen LogP contribution in [0.2, 0.25) is 5.02 Å². The van der Waals surface area contributed by atoms with Crippen LogP contribution < -0.4 is 0 Å². The van der Waals surface area contributed by atoms with Crippen molar-refractivity contribution in [1.29, 1.82) is 0 Å². The molecule has 2 aromatic carbocycles. The Balaban J connectivity index is 2.39. The lowest BCUT2D eigenvalue weighted by atomic mass is 10.1. The Morgan fingerprint density at radius 1 is 1.22 bits per heavy atom. The van der Waals surface area contributed by atoms with Crippen LogP contribution in [0.4, 0.5) is 4.39 Å². The molecule has 0 aliphatic heterocycles. The summed E-state index contributed by atoms with van der Waals surface area (Å²) < 4.78 is 13.8. The number of rotatable bonds is 3. The van der Waals surface area contributed by atoms with Gasteiger partial charge in [0.1, 0.15) is 5.82 Å². The van der Waals surface area contributed by atoms with Gasteiger partial charge < -0.3 is 5.11 Å². The second-order valence-electron chi connectivity index (χ2n) is 3.89. The predicted molar refractivity (Wildman–Crippen MR) is 72.6 cm³/mol. The highest BCUT2D eigenvalue weighted by molar-refractivity contribution is 7.99. The number of hydrogen-bond acceptors (Lipinski definition) is 2. The van der Waals surface area contributed by atoms with E-state index in [1.54, 1.807) is 31.2 Å². The van der Waals surface area contributed by atoms with Gasteiger partial charge in [-0.05, 0) is 36.8 Å². The van der Waals surface area contributed by atoms with E-state index in [1.807, 2.05) is 12.1 Å². The van der Waals surface area contributed by atoms with Gasteiger partial charge in [0, 0.05) is 9.92 Å². The lowest BCUT2D eigenvalue weighted by Crippen LogP contribution is -1.96. The first-order valence-corrected chi connectivity index (χ1v) is 6.67. The molecule has 0 saturated heterocycles. The van der Waals surface area contributed by atoms with Crippen molar-refractivity contribution in [3.8, 4) is 0 Å². The van der Waals surface area contributed by atoms with Crippen molar-refractivity contribution >= 4 is 23.4 Å². The van der Waals surface area contributed by atoms with E-state index in [2.05, 4.69) is 0 Å². The highest BCUT2D eigenvalue weighted by atomic mass is 35.5. The summed E-state index contributed by atoms with van der Waals surface area (Å²) in [6.45, 7) is 1.62. The molecule has 2 rings (SSSR count). The molecular formula is C14H12ClFOS. The van der Waals surface area contributed by atoms with Crippen molar-refractivity contribution < 1.29 is 9.50 Å². The maximum atomic E-state index is 13.8. The van der Waals surface area contributed by atoms with Crippen molar-refractivity contribution in [3.05, 3.63) is 58.9 Å². The van der Waals surface area contributed by atoms with Crippen molar-refractivity contribution in [1.82, 2.24) is 0 Å². The van der Waals surface area contributed by atoms with E-state index < -0.39 is 6.10 Å². The molecule has 0 aromatic heterocycles. The van der Waals surface area contributed by atoms with E-state index in [0.29, 0.717) is 15.5 Å². The molecule has 0 aliphatic rings. The van der Waals surface area contributed by atoms with E-state index in [-0.39, 0.29) is 5.82 Å². The normalized spacial score (nSPS) is 12.4. The Labute approximate surface area is 115 Å². The molecule has 1 nitrogen and oxygen atoms in total. The van der Waals surface area contributed by atoms with Gasteiger partial charge in [0.2, 0.25) is 0 Å². The standard InChI is InChI=1S/C14H12ClFOS/c1-9(17)12-6-3-7-13(16)14(12)18-11-5-2-4-10(15)8-11/h2-9,17H,1H3/t9-/m0/s1. The first-order valence-electron chi connectivity index (χ1n) is 5.48. The second kappa shape index (κ2) is 5.74. The third kappa shape index (κ3) is 3.05. The Morgan fingerprint density at radius 2 is 1.94 bits per heavy atom. The Hall–Kier alpha value is -1.03. The minimum atomic E-state index is -0.706. The molecule has 94 valence electrons. The Morgan fingerprint density at radius 3 is 2.61 bits per heavy atom. The zero-order valence-electron chi connectivity index (χ0n) is 9.73. The molecule has 0 fully saturated rings. The van der Waals surface area contributed by atoms with Gasteiger partial charge in [-0.15, -0.1) is 0 Å². The summed E-state index contributed by atoms with van der Waals surface area (Å²) in [5, 5.41) is 10.3. The van der Waals surface area contributed by atoms with Crippen LogP contribution in [0.3, 0.4) is 0 Å². The van der Waals surface area contributed by atoms with E-state index in [1.165, 1.54) is 17.8 Å². The van der Waals surface area contributed by atoms with E-state index in [9.17, 15) is 9.50 Å². The largest absolute Gasteiger partial charge is 0.389 e. The summed E-state index contributed by atoms with van der Waals surface area (Å²) in [5.41, 5.74) is 0.583. The minimum Gasteiger partial charge on any atom is -0.389 e. The molecule has 18 heavy (non-hydrogen) atoms. The van der Waals surface area contributed by atoms with E-state index >= 15 is 0 Å². The van der Waals surface area contributed by atoms with Crippen LogP contribution in [0.15, 0.2) is 52.3 Å². The van der Waals surface area contributed by atoms with Gasteiger partial charge in [0.15, 0.2) is 0 Å². The Kier molecular flexibility index (Phi) is 4.27. The summed E-state index contributed by atoms with van der Waals surface area (Å²) in [6.07, 6.45) is -0.706. The first-order chi connectivity index (χ1) is 8.58. The van der Waals surface area contributed by atoms with Crippen LogP contribution in [0.25, 0.3) is 0 Å². The minimum absolute atomic E-state index is 0.335. The molecule has 1 N–H and O–H groups in total. The molecule has 2 aromatic rings. The van der Waals surface area contributed by atoms with E-state index in [4.69, 9.17) is 11.6 Å². The third-order valence-electron chi connectivity index (χ3n) is 2.46. The molecule has 4 heteroatoms. The average Bonchev–Trinajstić information content (AvgIpc) is 2.31. The van der Waals surface area contributed by atoms with Crippen LogP contribution in [-0.4, -0.2) is 5.11 Å². The highest BCUT2D eigenvalue weighted by Gasteiger charge is 2.13.